The highest BCUT2D eigenvalue weighted by molar-refractivity contribution is 7.99. The van der Waals surface area contributed by atoms with Gasteiger partial charge in [0.1, 0.15) is 11.1 Å². The fourth-order valence-corrected chi connectivity index (χ4v) is 2.57. The second-order valence-electron chi connectivity index (χ2n) is 3.04. The molecule has 0 amide bonds. The Morgan fingerprint density at radius 2 is 2.43 bits per heavy atom. The Morgan fingerprint density at radius 1 is 1.71 bits per heavy atom. The van der Waals surface area contributed by atoms with Gasteiger partial charge in [0.05, 0.1) is 11.3 Å². The number of aromatic amines is 1. The molecule has 1 aliphatic heterocycles. The van der Waals surface area contributed by atoms with Gasteiger partial charge >= 0.3 is 5.97 Å². The van der Waals surface area contributed by atoms with E-state index < -0.39 is 11.2 Å². The van der Waals surface area contributed by atoms with E-state index in [2.05, 4.69) is 9.97 Å². The molecule has 0 spiro atoms. The lowest BCUT2D eigenvalue weighted by molar-refractivity contribution is -0.136. The van der Waals surface area contributed by atoms with Crippen molar-refractivity contribution in [2.24, 2.45) is 0 Å². The molecule has 1 aromatic rings. The van der Waals surface area contributed by atoms with Gasteiger partial charge in [-0.1, -0.05) is 0 Å². The molecule has 74 valence electrons. The minimum absolute atomic E-state index is 0.299. The number of fused-ring (bicyclic) bond motifs is 1. The van der Waals surface area contributed by atoms with Gasteiger partial charge in [0.25, 0.3) is 5.56 Å². The Hall–Kier alpha value is -1.30. The van der Waals surface area contributed by atoms with Gasteiger partial charge in [-0.05, 0) is 6.92 Å². The molecule has 1 atom stereocenters. The molecule has 2 N–H and O–H groups in total. The second-order valence-corrected chi connectivity index (χ2v) is 4.13. The van der Waals surface area contributed by atoms with E-state index in [1.165, 1.54) is 11.8 Å². The number of nitrogens with zero attached hydrogens (tertiary/aromatic N) is 1. The molecule has 0 aliphatic carbocycles. The number of nitrogens with one attached hydrogen (secondary N) is 1. The standard InChI is InChI=1S/C8H8N2O3S/c1-3-9-4-2-14-6(8(12)13)5(4)7(11)10-3/h6H,2H2,1H3,(H,12,13)(H,9,10,11). The molecule has 0 saturated heterocycles. The van der Waals surface area contributed by atoms with Gasteiger partial charge in [0.2, 0.25) is 0 Å². The zero-order valence-electron chi connectivity index (χ0n) is 7.40. The van der Waals surface area contributed by atoms with Gasteiger partial charge in [0, 0.05) is 5.75 Å². The number of H-pyrrole nitrogens is 1. The largest absolute Gasteiger partial charge is 0.480 e. The Balaban J connectivity index is 2.60. The van der Waals surface area contributed by atoms with Crippen molar-refractivity contribution < 1.29 is 9.90 Å². The third kappa shape index (κ3) is 1.31. The lowest BCUT2D eigenvalue weighted by Crippen LogP contribution is -2.20. The van der Waals surface area contributed by atoms with Crippen molar-refractivity contribution >= 4 is 17.7 Å². The number of aromatic nitrogens is 2. The number of thioether (sulfide) groups is 1. The second kappa shape index (κ2) is 3.13. The van der Waals surface area contributed by atoms with Gasteiger partial charge < -0.3 is 10.1 Å². The summed E-state index contributed by atoms with van der Waals surface area (Å²) in [5, 5.41) is 8.09. The molecule has 0 radical (unpaired) electrons. The topological polar surface area (TPSA) is 83.0 Å². The summed E-state index contributed by atoms with van der Waals surface area (Å²) in [5.74, 6) is 0.0436. The summed E-state index contributed by atoms with van der Waals surface area (Å²) in [6.07, 6.45) is 0. The van der Waals surface area contributed by atoms with Crippen LogP contribution in [-0.2, 0) is 10.5 Å². The molecule has 2 heterocycles. The van der Waals surface area contributed by atoms with E-state index in [-0.39, 0.29) is 5.56 Å². The minimum atomic E-state index is -0.982. The van der Waals surface area contributed by atoms with Crippen LogP contribution in [0.15, 0.2) is 4.79 Å². The third-order valence-electron chi connectivity index (χ3n) is 2.03. The van der Waals surface area contributed by atoms with Crippen molar-refractivity contribution in [3.05, 3.63) is 27.4 Å². The van der Waals surface area contributed by atoms with Crippen LogP contribution in [0.25, 0.3) is 0 Å². The summed E-state index contributed by atoms with van der Waals surface area (Å²) < 4.78 is 0. The molecule has 2 rings (SSSR count). The molecule has 14 heavy (non-hydrogen) atoms. The molecule has 1 unspecified atom stereocenters. The van der Waals surface area contributed by atoms with E-state index in [1.54, 1.807) is 6.92 Å². The minimum Gasteiger partial charge on any atom is -0.480 e. The predicted octanol–water partition coefficient (Wildman–Crippen LogP) is 0.451. The van der Waals surface area contributed by atoms with Gasteiger partial charge in [-0.15, -0.1) is 11.8 Å². The Labute approximate surface area is 83.6 Å². The van der Waals surface area contributed by atoms with Gasteiger partial charge in [-0.25, -0.2) is 4.98 Å². The molecule has 1 aromatic heterocycles. The van der Waals surface area contributed by atoms with Crippen LogP contribution in [0.3, 0.4) is 0 Å². The van der Waals surface area contributed by atoms with E-state index in [0.29, 0.717) is 22.8 Å². The number of carboxylic acids is 1. The first-order chi connectivity index (χ1) is 6.59. The highest BCUT2D eigenvalue weighted by Gasteiger charge is 2.33. The number of hydrogen-bond acceptors (Lipinski definition) is 4. The fraction of sp³-hybridized carbons (Fsp3) is 0.375. The molecule has 5 nitrogen and oxygen atoms in total. The van der Waals surface area contributed by atoms with Crippen LogP contribution in [0.2, 0.25) is 0 Å². The number of aliphatic carboxylic acids is 1. The number of rotatable bonds is 1. The van der Waals surface area contributed by atoms with Crippen molar-refractivity contribution in [2.75, 3.05) is 0 Å². The quantitative estimate of drug-likeness (QED) is 0.706. The lowest BCUT2D eigenvalue weighted by atomic mass is 10.2. The first kappa shape index (κ1) is 9.26. The van der Waals surface area contributed by atoms with Crippen molar-refractivity contribution in [2.45, 2.75) is 17.9 Å². The number of carboxylic acid groups (broad SMARTS) is 1. The van der Waals surface area contributed by atoms with Crippen LogP contribution in [0.5, 0.6) is 0 Å². The average molecular weight is 212 g/mol. The summed E-state index contributed by atoms with van der Waals surface area (Å²) in [4.78, 5) is 28.9. The number of hydrogen-bond donors (Lipinski definition) is 2. The Morgan fingerprint density at radius 3 is 3.07 bits per heavy atom. The van der Waals surface area contributed by atoms with E-state index >= 15 is 0 Å². The van der Waals surface area contributed by atoms with Crippen LogP contribution in [0, 0.1) is 6.92 Å². The van der Waals surface area contributed by atoms with Crippen molar-refractivity contribution in [1.29, 1.82) is 0 Å². The summed E-state index contributed by atoms with van der Waals surface area (Å²) in [5.41, 5.74) is 0.571. The Kier molecular flexibility index (Phi) is 2.07. The van der Waals surface area contributed by atoms with E-state index in [9.17, 15) is 9.59 Å². The van der Waals surface area contributed by atoms with Gasteiger partial charge in [0.15, 0.2) is 0 Å². The summed E-state index contributed by atoms with van der Waals surface area (Å²) in [6, 6.07) is 0. The average Bonchev–Trinajstić information content (AvgIpc) is 2.47. The monoisotopic (exact) mass is 212 g/mol. The van der Waals surface area contributed by atoms with Crippen LogP contribution in [-0.4, -0.2) is 21.0 Å². The zero-order chi connectivity index (χ0) is 10.3. The molecule has 1 aliphatic rings. The zero-order valence-corrected chi connectivity index (χ0v) is 8.22. The van der Waals surface area contributed by atoms with Gasteiger partial charge in [-0.2, -0.15) is 0 Å². The normalized spacial score (nSPS) is 19.4. The maximum atomic E-state index is 11.5. The van der Waals surface area contributed by atoms with Crippen molar-refractivity contribution in [1.82, 2.24) is 9.97 Å². The lowest BCUT2D eigenvalue weighted by Gasteiger charge is -2.02. The first-order valence-electron chi connectivity index (χ1n) is 4.03. The van der Waals surface area contributed by atoms with Crippen molar-refractivity contribution in [3.63, 3.8) is 0 Å². The maximum Gasteiger partial charge on any atom is 0.321 e. The third-order valence-corrected chi connectivity index (χ3v) is 3.24. The van der Waals surface area contributed by atoms with Gasteiger partial charge in [-0.3, -0.25) is 9.59 Å². The van der Waals surface area contributed by atoms with Crippen LogP contribution in [0.1, 0.15) is 22.3 Å². The van der Waals surface area contributed by atoms with Crippen molar-refractivity contribution in [3.8, 4) is 0 Å². The number of carbonyl (C=O) groups is 1. The molecule has 0 fully saturated rings. The van der Waals surface area contributed by atoms with E-state index in [0.717, 1.165) is 0 Å². The predicted molar refractivity (Wildman–Crippen MR) is 51.3 cm³/mol. The summed E-state index contributed by atoms with van der Waals surface area (Å²) in [6.45, 7) is 1.68. The highest BCUT2D eigenvalue weighted by Crippen LogP contribution is 2.38. The van der Waals surface area contributed by atoms with Crippen LogP contribution >= 0.6 is 11.8 Å². The SMILES string of the molecule is Cc1nc2c(c(=O)[nH]1)C(C(=O)O)SC2. The summed E-state index contributed by atoms with van der Waals surface area (Å²) in [7, 11) is 0. The highest BCUT2D eigenvalue weighted by atomic mass is 32.2. The van der Waals surface area contributed by atoms with E-state index in [1.807, 2.05) is 0 Å². The smallest absolute Gasteiger partial charge is 0.321 e. The Bertz CT molecular complexity index is 454. The van der Waals surface area contributed by atoms with E-state index in [4.69, 9.17) is 5.11 Å². The van der Waals surface area contributed by atoms with Crippen LogP contribution in [0.4, 0.5) is 0 Å². The molecule has 0 aromatic carbocycles. The number of aryl methyl sites for hydroxylation is 1. The fourth-order valence-electron chi connectivity index (χ4n) is 1.47. The molecular formula is C8H8N2O3S. The first-order valence-corrected chi connectivity index (χ1v) is 5.08. The van der Waals surface area contributed by atoms with Crippen LogP contribution < -0.4 is 5.56 Å². The summed E-state index contributed by atoms with van der Waals surface area (Å²) >= 11 is 1.22. The molecule has 0 bridgehead atoms. The molecular weight excluding hydrogens is 204 g/mol. The molecule has 6 heteroatoms. The maximum absolute atomic E-state index is 11.5. The molecule has 0 saturated carbocycles.